The minimum absolute atomic E-state index is 0.00322. The van der Waals surface area contributed by atoms with Crippen LogP contribution in [0.2, 0.25) is 0 Å². The quantitative estimate of drug-likeness (QED) is 0.0348. The standard InChI is InChI=1S/C73H122N8O22/c1-51(82)21-17-15-13-11-9-7-5-6-8-10-12-14-16-18-23-57(84)43-54(70(94)95)25-31-65(89)78-35-37-100-40-42-103-49-68(92)79-36-38-101-39-41-102-48-58(85)44-55(71(96)97)26-32-67(91)81-61(72(98)99)28-33-66(90)77-34-20-19-22-53(62(86)29-27-59(52(2)83)69(75)93)24-30-64(88)73(3,4)46-63(87)60(74)45-56-47-76-50-80-56/h47,50,52-55,59-61,83H,5-46,48-49,74H2,1-4H3,(H2,75,93)(H,76,80)(H,77,90)(H,78,89)(H,79,92)(H,81,91)(H,94,95)(H,96,97)(H,98,99)/t52-,53-,54-,55-,59+,60+,61+/m1/s1. The van der Waals surface area contributed by atoms with E-state index in [0.717, 1.165) is 38.5 Å². The Morgan fingerprint density at radius 1 is 0.505 bits per heavy atom. The summed E-state index contributed by atoms with van der Waals surface area (Å²) in [4.78, 5) is 181. The van der Waals surface area contributed by atoms with Crippen LogP contribution in [0.25, 0.3) is 0 Å². The second-order valence-electron chi connectivity index (χ2n) is 27.5. The first-order valence-electron chi connectivity index (χ1n) is 36.9. The first-order chi connectivity index (χ1) is 49.0. The Morgan fingerprint density at radius 3 is 1.50 bits per heavy atom. The molecule has 586 valence electrons. The van der Waals surface area contributed by atoms with Gasteiger partial charge in [0.1, 0.15) is 42.4 Å². The highest BCUT2D eigenvalue weighted by Gasteiger charge is 2.34. The van der Waals surface area contributed by atoms with E-state index in [1.807, 2.05) is 0 Å². The molecular weight excluding hydrogens is 1340 g/mol. The Hall–Kier alpha value is -7.25. The van der Waals surface area contributed by atoms with E-state index in [0.29, 0.717) is 37.8 Å². The minimum atomic E-state index is -1.50. The van der Waals surface area contributed by atoms with Gasteiger partial charge in [-0.15, -0.1) is 0 Å². The number of nitrogens with two attached hydrogens (primary N) is 2. The van der Waals surface area contributed by atoms with Crippen molar-refractivity contribution in [1.82, 2.24) is 31.2 Å². The first-order valence-corrected chi connectivity index (χ1v) is 36.9. The van der Waals surface area contributed by atoms with Gasteiger partial charge in [-0.3, -0.25) is 57.5 Å². The number of carboxylic acid groups (broad SMARTS) is 3. The first kappa shape index (κ1) is 93.8. The Bertz CT molecular complexity index is 2710. The van der Waals surface area contributed by atoms with Gasteiger partial charge in [-0.25, -0.2) is 9.78 Å². The average molecular weight is 1460 g/mol. The van der Waals surface area contributed by atoms with Gasteiger partial charge in [0.15, 0.2) is 11.6 Å². The van der Waals surface area contributed by atoms with Crippen LogP contribution in [0.4, 0.5) is 0 Å². The molecule has 0 saturated heterocycles. The Kier molecular flexibility index (Phi) is 52.0. The van der Waals surface area contributed by atoms with Crippen LogP contribution >= 0.6 is 0 Å². The zero-order valence-corrected chi connectivity index (χ0v) is 61.5. The lowest BCUT2D eigenvalue weighted by Crippen LogP contribution is -2.42. The van der Waals surface area contributed by atoms with Gasteiger partial charge in [0.25, 0.3) is 0 Å². The molecular formula is C73H122N8O22. The maximum Gasteiger partial charge on any atom is 0.326 e. The predicted molar refractivity (Wildman–Crippen MR) is 379 cm³/mol. The number of carbonyl (C=O) groups is 14. The lowest BCUT2D eigenvalue weighted by atomic mass is 9.78. The van der Waals surface area contributed by atoms with Gasteiger partial charge in [0.05, 0.1) is 75.9 Å². The van der Waals surface area contributed by atoms with Crippen molar-refractivity contribution in [2.45, 2.75) is 258 Å². The summed E-state index contributed by atoms with van der Waals surface area (Å²) in [5, 5.41) is 49.5. The highest BCUT2D eigenvalue weighted by Crippen LogP contribution is 2.29. The summed E-state index contributed by atoms with van der Waals surface area (Å²) in [7, 11) is 0. The van der Waals surface area contributed by atoms with Crippen molar-refractivity contribution >= 4 is 82.1 Å². The van der Waals surface area contributed by atoms with Gasteiger partial charge < -0.3 is 81.9 Å². The molecule has 0 fully saturated rings. The number of aliphatic hydroxyl groups is 1. The summed E-state index contributed by atoms with van der Waals surface area (Å²) in [6.07, 6.45) is 18.0. The Balaban J connectivity index is 2.27. The molecule has 1 rings (SSSR count). The van der Waals surface area contributed by atoms with Crippen molar-refractivity contribution < 1.29 is 106 Å². The molecule has 0 aliphatic heterocycles. The second-order valence-corrected chi connectivity index (χ2v) is 27.5. The molecule has 0 spiro atoms. The fraction of sp³-hybridized carbons (Fsp3) is 0.767. The van der Waals surface area contributed by atoms with E-state index in [4.69, 9.17) is 30.4 Å². The summed E-state index contributed by atoms with van der Waals surface area (Å²) in [6.45, 7) is 6.51. The highest BCUT2D eigenvalue weighted by molar-refractivity contribution is 5.93. The zero-order chi connectivity index (χ0) is 76.8. The van der Waals surface area contributed by atoms with Crippen molar-refractivity contribution in [1.29, 1.82) is 0 Å². The van der Waals surface area contributed by atoms with Crippen molar-refractivity contribution in [3.63, 3.8) is 0 Å². The topological polar surface area (TPSA) is 486 Å². The number of Topliss-reactive ketones (excluding diaryl/α,β-unsaturated/α-hetero) is 6. The molecule has 0 unspecified atom stereocenters. The number of rotatable bonds is 70. The SMILES string of the molecule is CC(=O)CCCCCCCCCCCCCCCCC(=O)C[C@@H](CCC(=O)NCCOCCOCC(=O)NCCOCCOCC(=O)C[C@@H](CCC(=O)N[C@@H](CCC(=O)NCCCC[C@H](CCC(=O)C(C)(C)CC(=O)[C@@H](N)Cc1cnc[nH]1)C(=O)CC[C@H](C(N)=O)[C@@H](C)O)C(=O)O)C(=O)O)C(=O)O. The van der Waals surface area contributed by atoms with E-state index in [9.17, 15) is 87.5 Å². The number of primary amides is 1. The van der Waals surface area contributed by atoms with E-state index in [1.165, 1.54) is 64.6 Å². The fourth-order valence-electron chi connectivity index (χ4n) is 11.5. The van der Waals surface area contributed by atoms with Gasteiger partial charge >= 0.3 is 17.9 Å². The van der Waals surface area contributed by atoms with Crippen LogP contribution in [0.5, 0.6) is 0 Å². The third-order valence-electron chi connectivity index (χ3n) is 17.9. The van der Waals surface area contributed by atoms with Crippen LogP contribution < -0.4 is 32.7 Å². The number of hydrogen-bond donors (Lipinski definition) is 11. The van der Waals surface area contributed by atoms with Crippen LogP contribution in [0.1, 0.15) is 239 Å². The monoisotopic (exact) mass is 1460 g/mol. The molecule has 0 radical (unpaired) electrons. The predicted octanol–water partition coefficient (Wildman–Crippen LogP) is 5.71. The van der Waals surface area contributed by atoms with Crippen molar-refractivity contribution in [3.05, 3.63) is 18.2 Å². The molecule has 1 aromatic heterocycles. The number of aliphatic hydroxyl groups excluding tert-OH is 1. The smallest absolute Gasteiger partial charge is 0.326 e. The van der Waals surface area contributed by atoms with Crippen LogP contribution in [-0.4, -0.2) is 203 Å². The highest BCUT2D eigenvalue weighted by atomic mass is 16.5. The Morgan fingerprint density at radius 2 is 0.990 bits per heavy atom. The second kappa shape index (κ2) is 57.1. The number of unbranched alkanes of at least 4 members (excludes halogenated alkanes) is 14. The number of imidazole rings is 1. The number of nitrogens with one attached hydrogen (secondary N) is 5. The lowest BCUT2D eigenvalue weighted by molar-refractivity contribution is -0.145. The van der Waals surface area contributed by atoms with Crippen molar-refractivity contribution in [3.8, 4) is 0 Å². The number of carbonyl (C=O) groups excluding carboxylic acids is 11. The number of aromatic amines is 1. The molecule has 0 aromatic carbocycles. The van der Waals surface area contributed by atoms with Gasteiger partial charge in [-0.05, 0) is 71.6 Å². The lowest BCUT2D eigenvalue weighted by Gasteiger charge is -2.25. The summed E-state index contributed by atoms with van der Waals surface area (Å²) < 4.78 is 21.4. The molecule has 0 aliphatic rings. The number of ether oxygens (including phenoxy) is 4. The van der Waals surface area contributed by atoms with E-state index in [-0.39, 0.29) is 178 Å². The fourth-order valence-corrected chi connectivity index (χ4v) is 11.5. The number of aliphatic carboxylic acids is 3. The third kappa shape index (κ3) is 49.2. The minimum Gasteiger partial charge on any atom is -0.481 e. The molecule has 13 N–H and O–H groups in total. The van der Waals surface area contributed by atoms with Gasteiger partial charge in [-0.1, -0.05) is 97.3 Å². The van der Waals surface area contributed by atoms with E-state index < -0.39 is 114 Å². The molecule has 30 nitrogen and oxygen atoms in total. The van der Waals surface area contributed by atoms with Gasteiger partial charge in [0, 0.05) is 113 Å². The van der Waals surface area contributed by atoms with E-state index in [1.54, 1.807) is 27.0 Å². The Labute approximate surface area is 606 Å². The summed E-state index contributed by atoms with van der Waals surface area (Å²) in [6, 6.07) is -2.36. The maximum absolute atomic E-state index is 13.5. The molecule has 0 saturated carbocycles. The van der Waals surface area contributed by atoms with E-state index in [2.05, 4.69) is 31.2 Å². The number of aromatic nitrogens is 2. The van der Waals surface area contributed by atoms with Crippen LogP contribution in [0.3, 0.4) is 0 Å². The van der Waals surface area contributed by atoms with Crippen LogP contribution in [0.15, 0.2) is 12.5 Å². The molecule has 7 atom stereocenters. The largest absolute Gasteiger partial charge is 0.481 e. The number of amides is 5. The molecule has 5 amide bonds. The zero-order valence-electron chi connectivity index (χ0n) is 61.5. The maximum atomic E-state index is 13.5. The van der Waals surface area contributed by atoms with Crippen molar-refractivity contribution in [2.75, 3.05) is 72.5 Å². The van der Waals surface area contributed by atoms with Crippen LogP contribution in [0, 0.1) is 29.1 Å². The molecule has 103 heavy (non-hydrogen) atoms. The number of H-pyrrole nitrogens is 1. The third-order valence-corrected chi connectivity index (χ3v) is 17.9. The molecule has 30 heteroatoms. The number of hydrogen-bond acceptors (Lipinski definition) is 21. The van der Waals surface area contributed by atoms with Gasteiger partial charge in [0.2, 0.25) is 29.5 Å². The molecule has 0 aliphatic carbocycles. The van der Waals surface area contributed by atoms with E-state index >= 15 is 0 Å². The summed E-state index contributed by atoms with van der Waals surface area (Å²) in [5.41, 5.74) is 11.1. The normalized spacial score (nSPS) is 13.5. The number of carboxylic acids is 3. The average Bonchev–Trinajstić information content (AvgIpc) is 1.49. The molecule has 0 bridgehead atoms. The summed E-state index contributed by atoms with van der Waals surface area (Å²) in [5.74, 6) is -11.8. The number of ketones is 6. The summed E-state index contributed by atoms with van der Waals surface area (Å²) >= 11 is 0. The molecule has 1 aromatic rings. The van der Waals surface area contributed by atoms with Crippen molar-refractivity contribution in [2.24, 2.45) is 40.6 Å². The molecule has 1 heterocycles. The number of nitrogens with zero attached hydrogens (tertiary/aromatic N) is 1. The van der Waals surface area contributed by atoms with Gasteiger partial charge in [-0.2, -0.15) is 0 Å². The van der Waals surface area contributed by atoms with Crippen LogP contribution in [-0.2, 0) is 92.5 Å².